The van der Waals surface area contributed by atoms with Crippen LogP contribution in [0.4, 0.5) is 0 Å². The molecule has 92 valence electrons. The highest BCUT2D eigenvalue weighted by atomic mass is 32.2. The Kier molecular flexibility index (Phi) is 8.56. The molecule has 3 nitrogen and oxygen atoms in total. The average Bonchev–Trinajstić information content (AvgIpc) is 2.13. The summed E-state index contributed by atoms with van der Waals surface area (Å²) in [4.78, 5) is 2.09. The van der Waals surface area contributed by atoms with Crippen LogP contribution in [0.25, 0.3) is 0 Å². The number of rotatable bonds is 9. The fraction of sp³-hybridized carbons (Fsp3) is 1.00. The number of nitrogens with zero attached hydrogens (tertiary/aromatic N) is 1. The lowest BCUT2D eigenvalue weighted by Crippen LogP contribution is -2.26. The van der Waals surface area contributed by atoms with Gasteiger partial charge in [0.1, 0.15) is 9.84 Å². The number of hydrogen-bond acceptors (Lipinski definition) is 4. The third-order valence-corrected chi connectivity index (χ3v) is 3.53. The molecule has 0 atom stereocenters. The van der Waals surface area contributed by atoms with Gasteiger partial charge in [-0.05, 0) is 32.2 Å². The molecule has 0 bridgehead atoms. The first-order valence-corrected chi connectivity index (χ1v) is 8.12. The zero-order valence-electron chi connectivity index (χ0n) is 9.78. The largest absolute Gasteiger partial charge is 0.305 e. The highest BCUT2D eigenvalue weighted by Crippen LogP contribution is 2.02. The number of unbranched alkanes of at least 4 members (excludes halogenated alkanes) is 3. The van der Waals surface area contributed by atoms with E-state index in [1.807, 2.05) is 7.05 Å². The summed E-state index contributed by atoms with van der Waals surface area (Å²) in [6.45, 7) is 1.63. The monoisotopic (exact) mass is 253 g/mol. The Balaban J connectivity index is 3.37. The Labute approximate surface area is 99.6 Å². The summed E-state index contributed by atoms with van der Waals surface area (Å²) in [6, 6.07) is 0. The normalized spacial score (nSPS) is 12.3. The Bertz CT molecular complexity index is 240. The summed E-state index contributed by atoms with van der Waals surface area (Å²) in [5.74, 6) is 1.23. The van der Waals surface area contributed by atoms with Gasteiger partial charge in [0.05, 0.1) is 5.75 Å². The smallest absolute Gasteiger partial charge is 0.148 e. The van der Waals surface area contributed by atoms with E-state index in [9.17, 15) is 8.42 Å². The molecule has 0 radical (unpaired) electrons. The number of thiol groups is 1. The second-order valence-corrected chi connectivity index (χ2v) is 6.78. The van der Waals surface area contributed by atoms with Crippen LogP contribution in [-0.2, 0) is 9.84 Å². The van der Waals surface area contributed by atoms with E-state index in [1.165, 1.54) is 25.5 Å². The van der Waals surface area contributed by atoms with Crippen molar-refractivity contribution >= 4 is 22.5 Å². The fourth-order valence-corrected chi connectivity index (χ4v) is 2.15. The molecule has 0 unspecified atom stereocenters. The van der Waals surface area contributed by atoms with Gasteiger partial charge in [-0.3, -0.25) is 0 Å². The molecule has 0 aromatic carbocycles. The van der Waals surface area contributed by atoms with Crippen LogP contribution in [0.15, 0.2) is 0 Å². The van der Waals surface area contributed by atoms with Crippen molar-refractivity contribution in [3.63, 3.8) is 0 Å². The van der Waals surface area contributed by atoms with Crippen molar-refractivity contribution in [3.05, 3.63) is 0 Å². The predicted octanol–water partition coefficient (Wildman–Crippen LogP) is 1.45. The second kappa shape index (κ2) is 8.42. The summed E-state index contributed by atoms with van der Waals surface area (Å²) in [6.07, 6.45) is 6.05. The van der Waals surface area contributed by atoms with E-state index in [0.29, 0.717) is 6.54 Å². The fourth-order valence-electron chi connectivity index (χ4n) is 1.28. The Hall–Kier alpha value is 0.260. The highest BCUT2D eigenvalue weighted by Gasteiger charge is 2.04. The third-order valence-electron chi connectivity index (χ3n) is 2.29. The minimum Gasteiger partial charge on any atom is -0.305 e. The van der Waals surface area contributed by atoms with Crippen molar-refractivity contribution < 1.29 is 8.42 Å². The summed E-state index contributed by atoms with van der Waals surface area (Å²) >= 11 is 4.15. The maximum Gasteiger partial charge on any atom is 0.148 e. The minimum atomic E-state index is -2.81. The van der Waals surface area contributed by atoms with Crippen LogP contribution in [0.2, 0.25) is 0 Å². The van der Waals surface area contributed by atoms with Crippen LogP contribution in [0.5, 0.6) is 0 Å². The molecule has 0 aromatic heterocycles. The number of sulfone groups is 1. The molecule has 0 rings (SSSR count). The molecule has 0 N–H and O–H groups in total. The lowest BCUT2D eigenvalue weighted by molar-refractivity contribution is 0.342. The topological polar surface area (TPSA) is 37.4 Å². The van der Waals surface area contributed by atoms with Crippen LogP contribution < -0.4 is 0 Å². The van der Waals surface area contributed by atoms with Gasteiger partial charge in [-0.25, -0.2) is 8.42 Å². The van der Waals surface area contributed by atoms with E-state index < -0.39 is 9.84 Å². The van der Waals surface area contributed by atoms with E-state index in [4.69, 9.17) is 0 Å². The van der Waals surface area contributed by atoms with Gasteiger partial charge in [0.2, 0.25) is 0 Å². The van der Waals surface area contributed by atoms with Crippen molar-refractivity contribution in [1.82, 2.24) is 4.90 Å². The minimum absolute atomic E-state index is 0.264. The lowest BCUT2D eigenvalue weighted by atomic mass is 10.2. The van der Waals surface area contributed by atoms with Crippen molar-refractivity contribution in [3.8, 4) is 0 Å². The Morgan fingerprint density at radius 3 is 2.20 bits per heavy atom. The molecule has 0 heterocycles. The first-order valence-electron chi connectivity index (χ1n) is 5.43. The van der Waals surface area contributed by atoms with Gasteiger partial charge in [-0.2, -0.15) is 12.6 Å². The molecule has 0 aromatic rings. The van der Waals surface area contributed by atoms with Crippen molar-refractivity contribution in [2.24, 2.45) is 0 Å². The first-order chi connectivity index (χ1) is 6.95. The molecule has 0 aliphatic rings. The summed E-state index contributed by atoms with van der Waals surface area (Å²) in [7, 11) is -0.834. The first kappa shape index (κ1) is 15.3. The SMILES string of the molecule is CN(CCCCCCS)CCS(C)(=O)=O. The van der Waals surface area contributed by atoms with Crippen LogP contribution in [-0.4, -0.2) is 51.2 Å². The van der Waals surface area contributed by atoms with Gasteiger partial charge in [0.25, 0.3) is 0 Å². The van der Waals surface area contributed by atoms with Crippen LogP contribution >= 0.6 is 12.6 Å². The standard InChI is InChI=1S/C10H23NO2S2/c1-11(8-10-15(2,12)13)7-5-3-4-6-9-14/h14H,3-10H2,1-2H3. The molecular formula is C10H23NO2S2. The molecule has 0 aliphatic heterocycles. The predicted molar refractivity (Wildman–Crippen MR) is 69.5 cm³/mol. The van der Waals surface area contributed by atoms with Gasteiger partial charge in [0.15, 0.2) is 0 Å². The third kappa shape index (κ3) is 12.2. The van der Waals surface area contributed by atoms with Crippen molar-refractivity contribution in [1.29, 1.82) is 0 Å². The lowest BCUT2D eigenvalue weighted by Gasteiger charge is -2.15. The molecule has 0 saturated carbocycles. The summed E-state index contributed by atoms with van der Waals surface area (Å²) in [5.41, 5.74) is 0. The van der Waals surface area contributed by atoms with Gasteiger partial charge in [0, 0.05) is 12.8 Å². The second-order valence-electron chi connectivity index (χ2n) is 4.07. The number of hydrogen-bond donors (Lipinski definition) is 1. The van der Waals surface area contributed by atoms with E-state index in [1.54, 1.807) is 0 Å². The van der Waals surface area contributed by atoms with Crippen LogP contribution in [0.3, 0.4) is 0 Å². The van der Waals surface area contributed by atoms with Gasteiger partial charge >= 0.3 is 0 Å². The quantitative estimate of drug-likeness (QED) is 0.499. The van der Waals surface area contributed by atoms with Gasteiger partial charge in [-0.15, -0.1) is 0 Å². The molecule has 0 fully saturated rings. The van der Waals surface area contributed by atoms with Crippen LogP contribution in [0, 0.1) is 0 Å². The Morgan fingerprint density at radius 2 is 1.67 bits per heavy atom. The van der Waals surface area contributed by atoms with E-state index in [0.717, 1.165) is 18.7 Å². The maximum absolute atomic E-state index is 10.9. The van der Waals surface area contributed by atoms with E-state index in [-0.39, 0.29) is 5.75 Å². The highest BCUT2D eigenvalue weighted by molar-refractivity contribution is 7.90. The molecule has 0 spiro atoms. The molecule has 5 heteroatoms. The summed E-state index contributed by atoms with van der Waals surface area (Å²) in [5, 5.41) is 0. The van der Waals surface area contributed by atoms with Crippen LogP contribution in [0.1, 0.15) is 25.7 Å². The molecule has 0 amide bonds. The van der Waals surface area contributed by atoms with Gasteiger partial charge < -0.3 is 4.90 Å². The van der Waals surface area contributed by atoms with Crippen molar-refractivity contribution in [2.45, 2.75) is 25.7 Å². The molecular weight excluding hydrogens is 230 g/mol. The zero-order valence-corrected chi connectivity index (χ0v) is 11.5. The van der Waals surface area contributed by atoms with Crippen molar-refractivity contribution in [2.75, 3.05) is 37.9 Å². The Morgan fingerprint density at radius 1 is 1.07 bits per heavy atom. The van der Waals surface area contributed by atoms with Gasteiger partial charge in [-0.1, -0.05) is 12.8 Å². The average molecular weight is 253 g/mol. The molecule has 0 saturated heterocycles. The van der Waals surface area contributed by atoms with E-state index in [2.05, 4.69) is 17.5 Å². The zero-order chi connectivity index (χ0) is 11.7. The maximum atomic E-state index is 10.9. The van der Waals surface area contributed by atoms with E-state index >= 15 is 0 Å². The molecule has 15 heavy (non-hydrogen) atoms. The summed E-state index contributed by atoms with van der Waals surface area (Å²) < 4.78 is 21.8. The molecule has 0 aliphatic carbocycles.